The lowest BCUT2D eigenvalue weighted by Crippen LogP contribution is -2.42. The van der Waals surface area contributed by atoms with Gasteiger partial charge in [0, 0.05) is 6.04 Å². The van der Waals surface area contributed by atoms with Crippen molar-refractivity contribution in [2.75, 3.05) is 33.7 Å². The van der Waals surface area contributed by atoms with Gasteiger partial charge in [-0.1, -0.05) is 0 Å². The Balaban J connectivity index is 2.17. The highest BCUT2D eigenvalue weighted by molar-refractivity contribution is 4.91. The second kappa shape index (κ2) is 6.37. The van der Waals surface area contributed by atoms with Crippen LogP contribution in [-0.2, 0) is 0 Å². The molecule has 0 aromatic heterocycles. The molecule has 0 aromatic carbocycles. The molecular weight excluding hydrogens is 210 g/mol. The van der Waals surface area contributed by atoms with Gasteiger partial charge in [-0.15, -0.1) is 0 Å². The molecule has 0 amide bonds. The minimum absolute atomic E-state index is 0.151. The van der Waals surface area contributed by atoms with Crippen LogP contribution < -0.4 is 0 Å². The zero-order valence-electron chi connectivity index (χ0n) is 11.9. The van der Waals surface area contributed by atoms with E-state index in [1.165, 1.54) is 25.9 Å². The topological polar surface area (TPSA) is 30.3 Å². The summed E-state index contributed by atoms with van der Waals surface area (Å²) in [5.41, 5.74) is -0.151. The lowest BCUT2D eigenvalue weighted by atomic mass is 9.89. The minimum atomic E-state index is -0.151. The van der Waals surface area contributed by atoms with Gasteiger partial charge in [0.1, 0.15) is 0 Å². The first-order chi connectivity index (χ1) is 7.94. The Labute approximate surface area is 106 Å². The van der Waals surface area contributed by atoms with Crippen molar-refractivity contribution in [3.8, 4) is 6.07 Å². The van der Waals surface area contributed by atoms with Crippen molar-refractivity contribution in [2.24, 2.45) is 5.41 Å². The standard InChI is InChI=1S/C14H27N3/c1-14(2,12-15)8-5-9-17-10-6-13(7-11-17)16(3)4/h13H,5-11H2,1-4H3. The van der Waals surface area contributed by atoms with Crippen LogP contribution in [0.4, 0.5) is 0 Å². The number of piperidine rings is 1. The SMILES string of the molecule is CN(C)C1CCN(CCCC(C)(C)C#N)CC1. The average molecular weight is 237 g/mol. The average Bonchev–Trinajstić information content (AvgIpc) is 2.29. The van der Waals surface area contributed by atoms with Crippen molar-refractivity contribution in [1.82, 2.24) is 9.80 Å². The Bertz CT molecular complexity index is 257. The zero-order chi connectivity index (χ0) is 12.9. The van der Waals surface area contributed by atoms with Crippen LogP contribution in [0.2, 0.25) is 0 Å². The van der Waals surface area contributed by atoms with E-state index < -0.39 is 0 Å². The molecule has 3 nitrogen and oxygen atoms in total. The van der Waals surface area contributed by atoms with Crippen LogP contribution in [0.1, 0.15) is 39.5 Å². The van der Waals surface area contributed by atoms with Gasteiger partial charge in [-0.2, -0.15) is 5.26 Å². The number of likely N-dealkylation sites (tertiary alicyclic amines) is 1. The van der Waals surface area contributed by atoms with Crippen LogP contribution in [0, 0.1) is 16.7 Å². The van der Waals surface area contributed by atoms with Crippen molar-refractivity contribution in [3.63, 3.8) is 0 Å². The van der Waals surface area contributed by atoms with Crippen molar-refractivity contribution < 1.29 is 0 Å². The predicted octanol–water partition coefficient (Wildman–Crippen LogP) is 2.34. The molecule has 0 N–H and O–H groups in total. The molecule has 1 heterocycles. The third-order valence-corrected chi connectivity index (χ3v) is 3.87. The number of nitriles is 1. The van der Waals surface area contributed by atoms with E-state index in [-0.39, 0.29) is 5.41 Å². The predicted molar refractivity (Wildman–Crippen MR) is 71.8 cm³/mol. The molecule has 0 saturated carbocycles. The van der Waals surface area contributed by atoms with Gasteiger partial charge in [0.05, 0.1) is 11.5 Å². The normalized spacial score (nSPS) is 19.5. The summed E-state index contributed by atoms with van der Waals surface area (Å²) >= 11 is 0. The molecule has 3 heteroatoms. The summed E-state index contributed by atoms with van der Waals surface area (Å²) in [6.45, 7) is 7.66. The maximum Gasteiger partial charge on any atom is 0.0683 e. The monoisotopic (exact) mass is 237 g/mol. The van der Waals surface area contributed by atoms with Crippen LogP contribution in [0.25, 0.3) is 0 Å². The fourth-order valence-corrected chi connectivity index (χ4v) is 2.46. The zero-order valence-corrected chi connectivity index (χ0v) is 11.9. The molecule has 0 radical (unpaired) electrons. The first kappa shape index (κ1) is 14.5. The van der Waals surface area contributed by atoms with Crippen LogP contribution in [0.15, 0.2) is 0 Å². The third kappa shape index (κ3) is 5.06. The minimum Gasteiger partial charge on any atom is -0.306 e. The molecule has 0 atom stereocenters. The molecule has 17 heavy (non-hydrogen) atoms. The van der Waals surface area contributed by atoms with E-state index in [1.54, 1.807) is 0 Å². The first-order valence-corrected chi connectivity index (χ1v) is 6.74. The Hall–Kier alpha value is -0.590. The summed E-state index contributed by atoms with van der Waals surface area (Å²) in [6, 6.07) is 3.14. The Morgan fingerprint density at radius 2 is 1.88 bits per heavy atom. The molecule has 0 spiro atoms. The molecule has 0 unspecified atom stereocenters. The molecule has 0 bridgehead atoms. The molecule has 0 aliphatic carbocycles. The Kier molecular flexibility index (Phi) is 5.42. The lowest BCUT2D eigenvalue weighted by Gasteiger charge is -2.35. The van der Waals surface area contributed by atoms with Gasteiger partial charge < -0.3 is 9.80 Å². The molecular formula is C14H27N3. The van der Waals surface area contributed by atoms with Crippen LogP contribution in [0.3, 0.4) is 0 Å². The van der Waals surface area contributed by atoms with E-state index in [4.69, 9.17) is 5.26 Å². The van der Waals surface area contributed by atoms with Gasteiger partial charge >= 0.3 is 0 Å². The van der Waals surface area contributed by atoms with Gasteiger partial charge in [-0.25, -0.2) is 0 Å². The van der Waals surface area contributed by atoms with Crippen LogP contribution >= 0.6 is 0 Å². The quantitative estimate of drug-likeness (QED) is 0.735. The van der Waals surface area contributed by atoms with Crippen molar-refractivity contribution in [2.45, 2.75) is 45.6 Å². The molecule has 1 aliphatic heterocycles. The van der Waals surface area contributed by atoms with Gasteiger partial charge in [-0.05, 0) is 73.3 Å². The highest BCUT2D eigenvalue weighted by atomic mass is 15.2. The summed E-state index contributed by atoms with van der Waals surface area (Å²) in [5.74, 6) is 0. The number of rotatable bonds is 5. The smallest absolute Gasteiger partial charge is 0.0683 e. The maximum absolute atomic E-state index is 8.96. The Morgan fingerprint density at radius 3 is 2.35 bits per heavy atom. The fraction of sp³-hybridized carbons (Fsp3) is 0.929. The summed E-state index contributed by atoms with van der Waals surface area (Å²) in [6.07, 6.45) is 4.73. The lowest BCUT2D eigenvalue weighted by molar-refractivity contribution is 0.141. The van der Waals surface area contributed by atoms with Crippen LogP contribution in [0.5, 0.6) is 0 Å². The fourth-order valence-electron chi connectivity index (χ4n) is 2.46. The van der Waals surface area contributed by atoms with E-state index in [0.717, 1.165) is 25.4 Å². The second-order valence-electron chi connectivity index (χ2n) is 6.14. The highest BCUT2D eigenvalue weighted by Gasteiger charge is 2.21. The van der Waals surface area contributed by atoms with Crippen molar-refractivity contribution in [3.05, 3.63) is 0 Å². The van der Waals surface area contributed by atoms with E-state index in [0.29, 0.717) is 0 Å². The second-order valence-corrected chi connectivity index (χ2v) is 6.14. The number of nitrogens with zero attached hydrogens (tertiary/aromatic N) is 3. The van der Waals surface area contributed by atoms with Crippen molar-refractivity contribution >= 4 is 0 Å². The van der Waals surface area contributed by atoms with Crippen LogP contribution in [-0.4, -0.2) is 49.6 Å². The highest BCUT2D eigenvalue weighted by Crippen LogP contribution is 2.21. The van der Waals surface area contributed by atoms with E-state index in [9.17, 15) is 0 Å². The summed E-state index contributed by atoms with van der Waals surface area (Å²) in [7, 11) is 4.35. The molecule has 1 aliphatic rings. The van der Waals surface area contributed by atoms with Crippen molar-refractivity contribution in [1.29, 1.82) is 5.26 Å². The molecule has 0 aromatic rings. The molecule has 1 fully saturated rings. The van der Waals surface area contributed by atoms with E-state index in [2.05, 4.69) is 30.0 Å². The van der Waals surface area contributed by atoms with Gasteiger partial charge in [-0.3, -0.25) is 0 Å². The summed E-state index contributed by atoms with van der Waals surface area (Å²) in [5, 5.41) is 8.96. The van der Waals surface area contributed by atoms with Gasteiger partial charge in [0.15, 0.2) is 0 Å². The first-order valence-electron chi connectivity index (χ1n) is 6.74. The number of hydrogen-bond acceptors (Lipinski definition) is 3. The third-order valence-electron chi connectivity index (χ3n) is 3.87. The van der Waals surface area contributed by atoms with Gasteiger partial charge in [0.2, 0.25) is 0 Å². The summed E-state index contributed by atoms with van der Waals surface area (Å²) in [4.78, 5) is 4.89. The van der Waals surface area contributed by atoms with E-state index >= 15 is 0 Å². The molecule has 98 valence electrons. The Morgan fingerprint density at radius 1 is 1.29 bits per heavy atom. The number of hydrogen-bond donors (Lipinski definition) is 0. The van der Waals surface area contributed by atoms with E-state index in [1.807, 2.05) is 13.8 Å². The molecule has 1 rings (SSSR count). The molecule has 1 saturated heterocycles. The summed E-state index contributed by atoms with van der Waals surface area (Å²) < 4.78 is 0. The largest absolute Gasteiger partial charge is 0.306 e. The van der Waals surface area contributed by atoms with Gasteiger partial charge in [0.25, 0.3) is 0 Å². The maximum atomic E-state index is 8.96.